The van der Waals surface area contributed by atoms with Gasteiger partial charge in [-0.15, -0.1) is 0 Å². The zero-order valence-corrected chi connectivity index (χ0v) is 12.3. The largest absolute Gasteiger partial charge is 0.294 e. The van der Waals surface area contributed by atoms with Crippen molar-refractivity contribution >= 4 is 23.7 Å². The summed E-state index contributed by atoms with van der Waals surface area (Å²) in [4.78, 5) is 14.0. The minimum absolute atomic E-state index is 0.0646. The van der Waals surface area contributed by atoms with Crippen LogP contribution in [0.15, 0.2) is 29.4 Å². The Morgan fingerprint density at radius 1 is 1.30 bits per heavy atom. The Balaban J connectivity index is 1.76. The second-order valence-corrected chi connectivity index (χ2v) is 5.47. The number of carbonyl (C=O) groups excluding carboxylic acids is 1. The van der Waals surface area contributed by atoms with Gasteiger partial charge in [-0.3, -0.25) is 9.69 Å². The Bertz CT molecular complexity index is 468. The third kappa shape index (κ3) is 5.31. The number of hydrazone groups is 1. The van der Waals surface area contributed by atoms with Crippen molar-refractivity contribution in [2.24, 2.45) is 5.10 Å². The predicted octanol–water partition coefficient (Wildman–Crippen LogP) is 2.67. The van der Waals surface area contributed by atoms with Crippen LogP contribution >= 0.6 is 11.6 Å². The third-order valence-corrected chi connectivity index (χ3v) is 3.55. The van der Waals surface area contributed by atoms with Crippen molar-refractivity contribution in [2.75, 3.05) is 19.6 Å². The van der Waals surface area contributed by atoms with E-state index < -0.39 is 0 Å². The molecule has 20 heavy (non-hydrogen) atoms. The van der Waals surface area contributed by atoms with Crippen molar-refractivity contribution in [1.29, 1.82) is 0 Å². The lowest BCUT2D eigenvalue weighted by atomic mass is 10.2. The first-order chi connectivity index (χ1) is 9.74. The number of hydrogen-bond acceptors (Lipinski definition) is 3. The highest BCUT2D eigenvalue weighted by molar-refractivity contribution is 6.30. The zero-order chi connectivity index (χ0) is 14.2. The van der Waals surface area contributed by atoms with Gasteiger partial charge in [0.2, 0.25) is 0 Å². The summed E-state index contributed by atoms with van der Waals surface area (Å²) in [5, 5.41) is 4.62. The molecule has 1 aromatic rings. The van der Waals surface area contributed by atoms with Gasteiger partial charge in [0.1, 0.15) is 0 Å². The lowest BCUT2D eigenvalue weighted by Gasteiger charge is -2.17. The summed E-state index contributed by atoms with van der Waals surface area (Å²) in [5.41, 5.74) is 3.43. The van der Waals surface area contributed by atoms with Crippen LogP contribution in [0.25, 0.3) is 0 Å². The highest BCUT2D eigenvalue weighted by Crippen LogP contribution is 2.09. The summed E-state index contributed by atoms with van der Waals surface area (Å²) >= 11 is 5.87. The van der Waals surface area contributed by atoms with Crippen LogP contribution < -0.4 is 5.43 Å². The van der Waals surface area contributed by atoms with Gasteiger partial charge >= 0.3 is 0 Å². The maximum atomic E-state index is 11.8. The molecular weight excluding hydrogens is 274 g/mol. The average molecular weight is 294 g/mol. The molecule has 1 saturated heterocycles. The number of benzene rings is 1. The number of nitrogens with one attached hydrogen (secondary N) is 1. The zero-order valence-electron chi connectivity index (χ0n) is 11.5. The normalized spacial score (nSPS) is 17.1. The smallest absolute Gasteiger partial charge is 0.254 e. The first-order valence-electron chi connectivity index (χ1n) is 7.04. The van der Waals surface area contributed by atoms with Crippen molar-refractivity contribution in [3.63, 3.8) is 0 Å². The molecule has 4 nitrogen and oxygen atoms in total. The number of likely N-dealkylation sites (tertiary alicyclic amines) is 1. The number of rotatable bonds is 4. The van der Waals surface area contributed by atoms with Crippen LogP contribution in [-0.2, 0) is 4.79 Å². The molecule has 0 spiro atoms. The molecule has 0 aromatic heterocycles. The molecule has 1 amide bonds. The minimum atomic E-state index is -0.0646. The molecule has 1 aromatic carbocycles. The second-order valence-electron chi connectivity index (χ2n) is 5.04. The minimum Gasteiger partial charge on any atom is -0.294 e. The monoisotopic (exact) mass is 293 g/mol. The Kier molecular flexibility index (Phi) is 6.02. The Labute approximate surface area is 124 Å². The van der Waals surface area contributed by atoms with Crippen LogP contribution in [-0.4, -0.2) is 36.7 Å². The van der Waals surface area contributed by atoms with Gasteiger partial charge in [0.05, 0.1) is 12.8 Å². The standard InChI is InChI=1S/C15H20ClN3O/c16-14-7-5-6-13(10-14)11-17-18-15(20)12-19-8-3-1-2-4-9-19/h5-7,10-11H,1-4,8-9,12H2,(H,18,20). The maximum absolute atomic E-state index is 11.8. The fourth-order valence-electron chi connectivity index (χ4n) is 2.30. The first-order valence-corrected chi connectivity index (χ1v) is 7.42. The van der Waals surface area contributed by atoms with Gasteiger partial charge in [0, 0.05) is 5.02 Å². The van der Waals surface area contributed by atoms with Crippen LogP contribution in [0.5, 0.6) is 0 Å². The molecule has 0 unspecified atom stereocenters. The van der Waals surface area contributed by atoms with E-state index in [0.717, 1.165) is 18.7 Å². The van der Waals surface area contributed by atoms with Crippen LogP contribution in [0.1, 0.15) is 31.2 Å². The summed E-state index contributed by atoms with van der Waals surface area (Å²) in [7, 11) is 0. The molecule has 2 rings (SSSR count). The van der Waals surface area contributed by atoms with Gasteiger partial charge in [-0.2, -0.15) is 5.10 Å². The van der Waals surface area contributed by atoms with E-state index in [1.807, 2.05) is 12.1 Å². The molecule has 0 aliphatic carbocycles. The highest BCUT2D eigenvalue weighted by atomic mass is 35.5. The van der Waals surface area contributed by atoms with E-state index in [1.165, 1.54) is 25.7 Å². The first kappa shape index (κ1) is 15.0. The average Bonchev–Trinajstić information content (AvgIpc) is 2.67. The van der Waals surface area contributed by atoms with Crippen molar-refractivity contribution < 1.29 is 4.79 Å². The maximum Gasteiger partial charge on any atom is 0.254 e. The number of nitrogens with zero attached hydrogens (tertiary/aromatic N) is 2. The predicted molar refractivity (Wildman–Crippen MR) is 82.1 cm³/mol. The molecule has 0 atom stereocenters. The SMILES string of the molecule is O=C(CN1CCCCCC1)NN=Cc1cccc(Cl)c1. The van der Waals surface area contributed by atoms with Crippen LogP contribution in [0.2, 0.25) is 5.02 Å². The quantitative estimate of drug-likeness (QED) is 0.685. The number of amides is 1. The van der Waals surface area contributed by atoms with E-state index in [2.05, 4.69) is 15.4 Å². The van der Waals surface area contributed by atoms with Crippen molar-refractivity contribution in [3.05, 3.63) is 34.9 Å². The fourth-order valence-corrected chi connectivity index (χ4v) is 2.50. The Hall–Kier alpha value is -1.39. The molecule has 0 saturated carbocycles. The topological polar surface area (TPSA) is 44.7 Å². The van der Waals surface area contributed by atoms with E-state index in [-0.39, 0.29) is 5.91 Å². The lowest BCUT2D eigenvalue weighted by molar-refractivity contribution is -0.122. The molecule has 1 heterocycles. The molecule has 0 bridgehead atoms. The molecule has 1 N–H and O–H groups in total. The van der Waals surface area contributed by atoms with Gasteiger partial charge in [-0.1, -0.05) is 36.6 Å². The van der Waals surface area contributed by atoms with Crippen LogP contribution in [0, 0.1) is 0 Å². The molecule has 1 fully saturated rings. The molecule has 1 aliphatic rings. The lowest BCUT2D eigenvalue weighted by Crippen LogP contribution is -2.35. The number of halogens is 1. The second kappa shape index (κ2) is 8.02. The summed E-state index contributed by atoms with van der Waals surface area (Å²) in [6.45, 7) is 2.43. The molecule has 108 valence electrons. The van der Waals surface area contributed by atoms with Crippen molar-refractivity contribution in [3.8, 4) is 0 Å². The molecule has 0 radical (unpaired) electrons. The van der Waals surface area contributed by atoms with E-state index in [4.69, 9.17) is 11.6 Å². The number of hydrogen-bond donors (Lipinski definition) is 1. The fraction of sp³-hybridized carbons (Fsp3) is 0.467. The molecular formula is C15H20ClN3O. The summed E-state index contributed by atoms with van der Waals surface area (Å²) in [6, 6.07) is 7.34. The summed E-state index contributed by atoms with van der Waals surface area (Å²) in [5.74, 6) is -0.0646. The van der Waals surface area contributed by atoms with E-state index in [9.17, 15) is 4.79 Å². The third-order valence-electron chi connectivity index (χ3n) is 3.32. The Morgan fingerprint density at radius 3 is 2.75 bits per heavy atom. The number of carbonyl (C=O) groups is 1. The van der Waals surface area contributed by atoms with Crippen molar-refractivity contribution in [1.82, 2.24) is 10.3 Å². The van der Waals surface area contributed by atoms with Gasteiger partial charge < -0.3 is 0 Å². The van der Waals surface area contributed by atoms with E-state index >= 15 is 0 Å². The van der Waals surface area contributed by atoms with E-state index in [0.29, 0.717) is 11.6 Å². The van der Waals surface area contributed by atoms with Crippen LogP contribution in [0.4, 0.5) is 0 Å². The molecule has 5 heteroatoms. The van der Waals surface area contributed by atoms with Gasteiger partial charge in [0.25, 0.3) is 5.91 Å². The summed E-state index contributed by atoms with van der Waals surface area (Å²) in [6.07, 6.45) is 6.50. The Morgan fingerprint density at radius 2 is 2.05 bits per heavy atom. The van der Waals surface area contributed by atoms with Crippen molar-refractivity contribution in [2.45, 2.75) is 25.7 Å². The highest BCUT2D eigenvalue weighted by Gasteiger charge is 2.12. The van der Waals surface area contributed by atoms with Gasteiger partial charge in [0.15, 0.2) is 0 Å². The van der Waals surface area contributed by atoms with E-state index in [1.54, 1.807) is 18.3 Å². The molecule has 1 aliphatic heterocycles. The van der Waals surface area contributed by atoms with Gasteiger partial charge in [-0.25, -0.2) is 5.43 Å². The van der Waals surface area contributed by atoms with Gasteiger partial charge in [-0.05, 0) is 43.6 Å². The summed E-state index contributed by atoms with van der Waals surface area (Å²) < 4.78 is 0. The van der Waals surface area contributed by atoms with Crippen LogP contribution in [0.3, 0.4) is 0 Å².